The molecule has 0 bridgehead atoms. The quantitative estimate of drug-likeness (QED) is 0.399. The molecule has 31 heavy (non-hydrogen) atoms. The van der Waals surface area contributed by atoms with E-state index >= 15 is 0 Å². The van der Waals surface area contributed by atoms with E-state index in [0.29, 0.717) is 12.1 Å². The van der Waals surface area contributed by atoms with Crippen molar-refractivity contribution in [1.29, 1.82) is 0 Å². The van der Waals surface area contributed by atoms with Gasteiger partial charge in [-0.05, 0) is 41.3 Å². The van der Waals surface area contributed by atoms with E-state index < -0.39 is 0 Å². The third kappa shape index (κ3) is 3.55. The Morgan fingerprint density at radius 1 is 1.00 bits per heavy atom. The maximum absolute atomic E-state index is 12.9. The summed E-state index contributed by atoms with van der Waals surface area (Å²) in [7, 11) is 0. The Hall–Kier alpha value is -4.32. The number of carbonyl (C=O) groups is 2. The average molecular weight is 406 g/mol. The number of anilines is 1. The fraction of sp³-hybridized carbons (Fsp3) is 0.0400. The number of amides is 2. The Morgan fingerprint density at radius 3 is 2.58 bits per heavy atom. The molecule has 1 N–H and O–H groups in total. The van der Waals surface area contributed by atoms with E-state index in [-0.39, 0.29) is 11.8 Å². The molecular formula is C25H18N4O2. The highest BCUT2D eigenvalue weighted by Gasteiger charge is 2.29. The van der Waals surface area contributed by atoms with Crippen molar-refractivity contribution >= 4 is 34.5 Å². The number of hydrogen-bond donors (Lipinski definition) is 1. The van der Waals surface area contributed by atoms with Gasteiger partial charge in [-0.25, -0.2) is 5.43 Å². The summed E-state index contributed by atoms with van der Waals surface area (Å²) in [6, 6.07) is 22.6. The second-order valence-electron chi connectivity index (χ2n) is 7.25. The lowest BCUT2D eigenvalue weighted by atomic mass is 10.1. The number of carbonyl (C=O) groups excluding carboxylic acids is 2. The van der Waals surface area contributed by atoms with Crippen molar-refractivity contribution in [3.63, 3.8) is 0 Å². The van der Waals surface area contributed by atoms with Crippen LogP contribution in [0.2, 0.25) is 0 Å². The summed E-state index contributed by atoms with van der Waals surface area (Å²) in [5, 5.41) is 6.02. The van der Waals surface area contributed by atoms with Gasteiger partial charge in [0.25, 0.3) is 11.8 Å². The number of rotatable bonds is 5. The average Bonchev–Trinajstić information content (AvgIpc) is 3.08. The van der Waals surface area contributed by atoms with Gasteiger partial charge in [0, 0.05) is 34.5 Å². The Morgan fingerprint density at radius 2 is 1.81 bits per heavy atom. The monoisotopic (exact) mass is 406 g/mol. The zero-order valence-corrected chi connectivity index (χ0v) is 16.5. The number of hydrogen-bond acceptors (Lipinski definition) is 4. The Balaban J connectivity index is 1.29. The molecule has 0 aliphatic carbocycles. The molecule has 2 heterocycles. The lowest BCUT2D eigenvalue weighted by Crippen LogP contribution is -2.26. The zero-order valence-electron chi connectivity index (χ0n) is 16.5. The Labute approximate surface area is 178 Å². The predicted octanol–water partition coefficient (Wildman–Crippen LogP) is 4.16. The number of pyridine rings is 1. The van der Waals surface area contributed by atoms with E-state index in [1.807, 2.05) is 54.6 Å². The summed E-state index contributed by atoms with van der Waals surface area (Å²) >= 11 is 0. The lowest BCUT2D eigenvalue weighted by Gasteiger charge is -2.18. The molecule has 3 aromatic carbocycles. The van der Waals surface area contributed by atoms with E-state index in [2.05, 4.69) is 15.5 Å². The van der Waals surface area contributed by atoms with Crippen LogP contribution in [-0.2, 0) is 6.54 Å². The van der Waals surface area contributed by atoms with Gasteiger partial charge >= 0.3 is 0 Å². The van der Waals surface area contributed by atoms with E-state index in [1.54, 1.807) is 35.5 Å². The summed E-state index contributed by atoms with van der Waals surface area (Å²) in [6.45, 7) is 0.438. The van der Waals surface area contributed by atoms with Crippen LogP contribution in [0.15, 0.2) is 90.3 Å². The largest absolute Gasteiger partial charge is 0.303 e. The van der Waals surface area contributed by atoms with Crippen LogP contribution in [0.4, 0.5) is 5.69 Å². The van der Waals surface area contributed by atoms with Gasteiger partial charge in [-0.2, -0.15) is 5.10 Å². The molecule has 0 saturated carbocycles. The van der Waals surface area contributed by atoms with Crippen LogP contribution in [0.3, 0.4) is 0 Å². The minimum absolute atomic E-state index is 0.00152. The molecule has 2 amide bonds. The first-order chi connectivity index (χ1) is 15.2. The van der Waals surface area contributed by atoms with Crippen molar-refractivity contribution in [3.8, 4) is 0 Å². The number of benzene rings is 3. The Bertz CT molecular complexity index is 1310. The fourth-order valence-corrected chi connectivity index (χ4v) is 3.76. The van der Waals surface area contributed by atoms with Crippen molar-refractivity contribution in [2.75, 3.05) is 4.90 Å². The molecule has 4 aromatic rings. The van der Waals surface area contributed by atoms with Gasteiger partial charge in [0.2, 0.25) is 0 Å². The molecular weight excluding hydrogens is 388 g/mol. The van der Waals surface area contributed by atoms with Gasteiger partial charge in [-0.1, -0.05) is 42.5 Å². The number of nitrogens with one attached hydrogen (secondary N) is 1. The van der Waals surface area contributed by atoms with Crippen LogP contribution in [0, 0.1) is 0 Å². The van der Waals surface area contributed by atoms with Crippen molar-refractivity contribution in [3.05, 3.63) is 107 Å². The molecule has 5 rings (SSSR count). The van der Waals surface area contributed by atoms with Crippen LogP contribution >= 0.6 is 0 Å². The van der Waals surface area contributed by atoms with Crippen LogP contribution in [0.25, 0.3) is 10.8 Å². The third-order valence-electron chi connectivity index (χ3n) is 5.27. The lowest BCUT2D eigenvalue weighted by molar-refractivity contribution is 0.0953. The predicted molar refractivity (Wildman–Crippen MR) is 120 cm³/mol. The van der Waals surface area contributed by atoms with E-state index in [4.69, 9.17) is 0 Å². The van der Waals surface area contributed by atoms with Crippen molar-refractivity contribution in [2.45, 2.75) is 6.54 Å². The molecule has 0 spiro atoms. The number of aromatic nitrogens is 1. The minimum atomic E-state index is -0.305. The maximum Gasteiger partial charge on any atom is 0.271 e. The van der Waals surface area contributed by atoms with Gasteiger partial charge in [0.1, 0.15) is 0 Å². The van der Waals surface area contributed by atoms with Gasteiger partial charge < -0.3 is 4.90 Å². The van der Waals surface area contributed by atoms with Gasteiger partial charge in [-0.3, -0.25) is 14.6 Å². The van der Waals surface area contributed by atoms with Crippen LogP contribution in [0.1, 0.15) is 31.8 Å². The van der Waals surface area contributed by atoms with Crippen molar-refractivity contribution in [2.24, 2.45) is 5.10 Å². The normalized spacial score (nSPS) is 12.6. The molecule has 6 nitrogen and oxygen atoms in total. The second kappa shape index (κ2) is 7.84. The van der Waals surface area contributed by atoms with E-state index in [1.165, 1.54) is 6.21 Å². The SMILES string of the molecule is O=C(NN=Cc1cccnc1)c1ccc(CN2C(=O)c3cccc4cccc2c34)cc1. The summed E-state index contributed by atoms with van der Waals surface area (Å²) in [5.41, 5.74) is 6.39. The highest BCUT2D eigenvalue weighted by atomic mass is 16.2. The molecule has 0 radical (unpaired) electrons. The highest BCUT2D eigenvalue weighted by molar-refractivity contribution is 6.24. The summed E-state index contributed by atoms with van der Waals surface area (Å²) < 4.78 is 0. The van der Waals surface area contributed by atoms with Crippen molar-refractivity contribution in [1.82, 2.24) is 10.4 Å². The molecule has 0 unspecified atom stereocenters. The topological polar surface area (TPSA) is 74.7 Å². The van der Waals surface area contributed by atoms with E-state index in [0.717, 1.165) is 33.2 Å². The summed E-state index contributed by atoms with van der Waals surface area (Å²) in [6.07, 6.45) is 4.87. The highest BCUT2D eigenvalue weighted by Crippen LogP contribution is 2.37. The molecule has 1 aliphatic rings. The second-order valence-corrected chi connectivity index (χ2v) is 7.25. The molecule has 6 heteroatoms. The zero-order chi connectivity index (χ0) is 21.2. The molecule has 0 atom stereocenters. The first-order valence-corrected chi connectivity index (χ1v) is 9.87. The molecule has 0 saturated heterocycles. The van der Waals surface area contributed by atoms with Gasteiger partial charge in [0.15, 0.2) is 0 Å². The fourth-order valence-electron chi connectivity index (χ4n) is 3.76. The molecule has 150 valence electrons. The Kier molecular flexibility index (Phi) is 4.72. The molecule has 1 aliphatic heterocycles. The van der Waals surface area contributed by atoms with Crippen molar-refractivity contribution < 1.29 is 9.59 Å². The van der Waals surface area contributed by atoms with Gasteiger partial charge in [-0.15, -0.1) is 0 Å². The standard InChI is InChI=1S/C25H18N4O2/c30-24(28-27-15-18-4-3-13-26-14-18)20-11-9-17(10-12-20)16-29-22-8-2-6-19-5-1-7-21(23(19)22)25(29)31/h1-15H,16H2,(H,28,30). The maximum atomic E-state index is 12.9. The number of nitrogens with zero attached hydrogens (tertiary/aromatic N) is 3. The van der Waals surface area contributed by atoms with Crippen LogP contribution < -0.4 is 10.3 Å². The van der Waals surface area contributed by atoms with Gasteiger partial charge in [0.05, 0.1) is 18.4 Å². The minimum Gasteiger partial charge on any atom is -0.303 e. The smallest absolute Gasteiger partial charge is 0.271 e. The number of hydrazone groups is 1. The first kappa shape index (κ1) is 18.7. The summed E-state index contributed by atoms with van der Waals surface area (Å²) in [5.74, 6) is -0.306. The first-order valence-electron chi connectivity index (χ1n) is 9.87. The van der Waals surface area contributed by atoms with Crippen LogP contribution in [-0.4, -0.2) is 23.0 Å². The molecule has 1 aromatic heterocycles. The van der Waals surface area contributed by atoms with E-state index in [9.17, 15) is 9.59 Å². The third-order valence-corrected chi connectivity index (χ3v) is 5.27. The molecule has 0 fully saturated rings. The summed E-state index contributed by atoms with van der Waals surface area (Å²) in [4.78, 5) is 31.0. The van der Waals surface area contributed by atoms with Crippen LogP contribution in [0.5, 0.6) is 0 Å².